The number of carboxylic acid groups (broad SMARTS) is 1. The maximum absolute atomic E-state index is 11.4. The average Bonchev–Trinajstić information content (AvgIpc) is 2.37. The molecule has 1 rings (SSSR count). The van der Waals surface area contributed by atoms with E-state index in [0.717, 1.165) is 13.0 Å². The predicted molar refractivity (Wildman–Crippen MR) is 77.2 cm³/mol. The Kier molecular flexibility index (Phi) is 5.93. The maximum atomic E-state index is 11.4. The molecule has 1 unspecified atom stereocenters. The minimum absolute atomic E-state index is 0.515. The van der Waals surface area contributed by atoms with Gasteiger partial charge >= 0.3 is 5.97 Å². The molecule has 0 aromatic heterocycles. The van der Waals surface area contributed by atoms with Gasteiger partial charge in [0.1, 0.15) is 5.54 Å². The molecule has 0 saturated carbocycles. The molecule has 0 aromatic carbocycles. The molecule has 1 atom stereocenters. The Hall–Kier alpha value is -0.700. The van der Waals surface area contributed by atoms with E-state index >= 15 is 0 Å². The summed E-state index contributed by atoms with van der Waals surface area (Å²) in [5, 5.41) is 12.0. The minimum atomic E-state index is -3.09. The number of hydrogen-bond acceptors (Lipinski definition) is 5. The molecule has 7 nitrogen and oxygen atoms in total. The molecule has 2 N–H and O–H groups in total. The molecule has 0 radical (unpaired) electrons. The molecule has 1 aliphatic heterocycles. The second-order valence-electron chi connectivity index (χ2n) is 5.49. The van der Waals surface area contributed by atoms with Gasteiger partial charge in [0.15, 0.2) is 0 Å². The Morgan fingerprint density at radius 3 is 2.25 bits per heavy atom. The van der Waals surface area contributed by atoms with Crippen molar-refractivity contribution in [3.8, 4) is 0 Å². The molecule has 0 spiro atoms. The van der Waals surface area contributed by atoms with Crippen molar-refractivity contribution < 1.29 is 18.3 Å². The van der Waals surface area contributed by atoms with Crippen LogP contribution >= 0.6 is 0 Å². The van der Waals surface area contributed by atoms with Crippen molar-refractivity contribution in [1.29, 1.82) is 0 Å². The summed E-state index contributed by atoms with van der Waals surface area (Å²) in [4.78, 5) is 13.3. The number of piperazine rings is 1. The first-order valence-electron chi connectivity index (χ1n) is 6.79. The van der Waals surface area contributed by atoms with Crippen molar-refractivity contribution >= 4 is 16.0 Å². The lowest BCUT2D eigenvalue weighted by molar-refractivity contribution is -0.144. The van der Waals surface area contributed by atoms with Crippen molar-refractivity contribution in [2.24, 2.45) is 0 Å². The summed E-state index contributed by atoms with van der Waals surface area (Å²) in [6.45, 7) is 4.91. The minimum Gasteiger partial charge on any atom is -0.480 e. The highest BCUT2D eigenvalue weighted by molar-refractivity contribution is 7.88. The van der Waals surface area contributed by atoms with Crippen LogP contribution in [0.1, 0.15) is 19.8 Å². The molecule has 1 aliphatic rings. The highest BCUT2D eigenvalue weighted by Gasteiger charge is 2.31. The molecule has 1 fully saturated rings. The molecule has 0 bridgehead atoms. The standard InChI is InChI=1S/C12H25N3O4S/c1-12(13-2,11(16)17)5-4-6-14-7-9-15(10-8-14)20(3,18)19/h13H,4-10H2,1-3H3,(H,16,17). The zero-order valence-electron chi connectivity index (χ0n) is 12.4. The Balaban J connectivity index is 2.34. The second kappa shape index (κ2) is 6.84. The van der Waals surface area contributed by atoms with E-state index in [4.69, 9.17) is 5.11 Å². The predicted octanol–water partition coefficient (Wildman–Crippen LogP) is -0.593. The number of rotatable bonds is 7. The van der Waals surface area contributed by atoms with Crippen LogP contribution in [-0.2, 0) is 14.8 Å². The van der Waals surface area contributed by atoms with Crippen molar-refractivity contribution in [2.75, 3.05) is 46.0 Å². The quantitative estimate of drug-likeness (QED) is 0.653. The molecular weight excluding hydrogens is 282 g/mol. The number of carbonyl (C=O) groups is 1. The van der Waals surface area contributed by atoms with E-state index in [1.54, 1.807) is 14.0 Å². The number of sulfonamides is 1. The molecule has 0 amide bonds. The van der Waals surface area contributed by atoms with Gasteiger partial charge in [0.05, 0.1) is 6.26 Å². The van der Waals surface area contributed by atoms with Crippen LogP contribution in [0.25, 0.3) is 0 Å². The maximum Gasteiger partial charge on any atom is 0.323 e. The van der Waals surface area contributed by atoms with Gasteiger partial charge in [-0.3, -0.25) is 4.79 Å². The number of likely N-dealkylation sites (N-methyl/N-ethyl adjacent to an activating group) is 1. The third-order valence-corrected chi connectivity index (χ3v) is 5.28. The summed E-state index contributed by atoms with van der Waals surface area (Å²) in [6.07, 6.45) is 2.54. The van der Waals surface area contributed by atoms with Crippen LogP contribution < -0.4 is 5.32 Å². The van der Waals surface area contributed by atoms with Gasteiger partial charge in [0.25, 0.3) is 0 Å². The number of aliphatic carboxylic acids is 1. The second-order valence-corrected chi connectivity index (χ2v) is 7.48. The summed E-state index contributed by atoms with van der Waals surface area (Å²) in [6, 6.07) is 0. The first-order valence-corrected chi connectivity index (χ1v) is 8.63. The first-order chi connectivity index (χ1) is 9.19. The van der Waals surface area contributed by atoms with Gasteiger partial charge in [-0.2, -0.15) is 4.31 Å². The number of nitrogens with one attached hydrogen (secondary N) is 1. The van der Waals surface area contributed by atoms with E-state index in [2.05, 4.69) is 10.2 Å². The molecule has 118 valence electrons. The molecule has 8 heteroatoms. The Morgan fingerprint density at radius 1 is 1.30 bits per heavy atom. The molecule has 20 heavy (non-hydrogen) atoms. The SMILES string of the molecule is CNC(C)(CCCN1CCN(S(C)(=O)=O)CC1)C(=O)O. The molecular formula is C12H25N3O4S. The number of nitrogens with zero attached hydrogens (tertiary/aromatic N) is 2. The van der Waals surface area contributed by atoms with Gasteiger partial charge in [0, 0.05) is 26.2 Å². The first kappa shape index (κ1) is 17.4. The van der Waals surface area contributed by atoms with Crippen LogP contribution in [0.15, 0.2) is 0 Å². The van der Waals surface area contributed by atoms with E-state index in [0.29, 0.717) is 32.6 Å². The highest BCUT2D eigenvalue weighted by Crippen LogP contribution is 2.14. The smallest absolute Gasteiger partial charge is 0.323 e. The van der Waals surface area contributed by atoms with Gasteiger partial charge in [-0.25, -0.2) is 8.42 Å². The fraction of sp³-hybridized carbons (Fsp3) is 0.917. The lowest BCUT2D eigenvalue weighted by Crippen LogP contribution is -2.50. The Morgan fingerprint density at radius 2 is 1.85 bits per heavy atom. The van der Waals surface area contributed by atoms with Crippen LogP contribution in [0, 0.1) is 0 Å². The van der Waals surface area contributed by atoms with Crippen molar-refractivity contribution in [1.82, 2.24) is 14.5 Å². The third kappa shape index (κ3) is 4.69. The Bertz CT molecular complexity index is 432. The number of carboxylic acids is 1. The largest absolute Gasteiger partial charge is 0.480 e. The van der Waals surface area contributed by atoms with Gasteiger partial charge in [-0.15, -0.1) is 0 Å². The molecule has 0 aliphatic carbocycles. The van der Waals surface area contributed by atoms with Gasteiger partial charge in [-0.05, 0) is 33.4 Å². The molecule has 1 saturated heterocycles. The lowest BCUT2D eigenvalue weighted by atomic mass is 9.96. The summed E-state index contributed by atoms with van der Waals surface area (Å²) < 4.78 is 24.3. The fourth-order valence-electron chi connectivity index (χ4n) is 2.28. The summed E-state index contributed by atoms with van der Waals surface area (Å²) in [7, 11) is -1.44. The van der Waals surface area contributed by atoms with Gasteiger partial charge in [0.2, 0.25) is 10.0 Å². The normalized spacial score (nSPS) is 21.6. The summed E-state index contributed by atoms with van der Waals surface area (Å²) in [5.41, 5.74) is -0.894. The van der Waals surface area contributed by atoms with Gasteiger partial charge < -0.3 is 15.3 Å². The average molecular weight is 307 g/mol. The van der Waals surface area contributed by atoms with E-state index in [1.807, 2.05) is 0 Å². The molecule has 0 aromatic rings. The lowest BCUT2D eigenvalue weighted by Gasteiger charge is -2.34. The fourth-order valence-corrected chi connectivity index (χ4v) is 3.11. The summed E-state index contributed by atoms with van der Waals surface area (Å²) in [5.74, 6) is -0.845. The van der Waals surface area contributed by atoms with Crippen LogP contribution in [0.4, 0.5) is 0 Å². The number of hydrogen-bond donors (Lipinski definition) is 2. The van der Waals surface area contributed by atoms with Crippen LogP contribution in [0.5, 0.6) is 0 Å². The van der Waals surface area contributed by atoms with E-state index in [9.17, 15) is 13.2 Å². The monoisotopic (exact) mass is 307 g/mol. The van der Waals surface area contributed by atoms with Crippen LogP contribution in [-0.4, -0.2) is 80.3 Å². The summed E-state index contributed by atoms with van der Waals surface area (Å²) >= 11 is 0. The zero-order valence-corrected chi connectivity index (χ0v) is 13.2. The third-order valence-electron chi connectivity index (χ3n) is 3.98. The zero-order chi connectivity index (χ0) is 15.4. The highest BCUT2D eigenvalue weighted by atomic mass is 32.2. The van der Waals surface area contributed by atoms with E-state index in [1.165, 1.54) is 10.6 Å². The van der Waals surface area contributed by atoms with E-state index < -0.39 is 21.5 Å². The van der Waals surface area contributed by atoms with Gasteiger partial charge in [-0.1, -0.05) is 0 Å². The Labute approximate surface area is 121 Å². The van der Waals surface area contributed by atoms with Crippen LogP contribution in [0.3, 0.4) is 0 Å². The van der Waals surface area contributed by atoms with Crippen molar-refractivity contribution in [3.63, 3.8) is 0 Å². The molecule has 1 heterocycles. The van der Waals surface area contributed by atoms with Crippen molar-refractivity contribution in [3.05, 3.63) is 0 Å². The van der Waals surface area contributed by atoms with E-state index in [-0.39, 0.29) is 0 Å². The van der Waals surface area contributed by atoms with Crippen molar-refractivity contribution in [2.45, 2.75) is 25.3 Å². The van der Waals surface area contributed by atoms with Crippen LogP contribution in [0.2, 0.25) is 0 Å². The topological polar surface area (TPSA) is 90.0 Å².